The van der Waals surface area contributed by atoms with E-state index in [0.29, 0.717) is 6.04 Å². The summed E-state index contributed by atoms with van der Waals surface area (Å²) in [5.41, 5.74) is 4.72. The van der Waals surface area contributed by atoms with Crippen LogP contribution in [0, 0.1) is 0 Å². The molecule has 1 aromatic carbocycles. The summed E-state index contributed by atoms with van der Waals surface area (Å²) in [6, 6.07) is 10.1. The minimum atomic E-state index is -0.194. The first kappa shape index (κ1) is 19.1. The highest BCUT2D eigenvalue weighted by atomic mass is 16.5. The standard InChI is InChI=1S/C23H24N4O2/c1-16(29-2)17-3-6-20(7-4-17)26-23(28)10-5-18-13-24-12-11-22(18)19-14-25-27(15-19)21-8-9-21/h3-7,10-16,21H,8-9H2,1-2H3,(H,26,28). The van der Waals surface area contributed by atoms with Crippen molar-refractivity contribution in [3.63, 3.8) is 0 Å². The molecule has 0 saturated heterocycles. The van der Waals surface area contributed by atoms with E-state index < -0.39 is 0 Å². The third-order valence-electron chi connectivity index (χ3n) is 5.10. The summed E-state index contributed by atoms with van der Waals surface area (Å²) in [5, 5.41) is 7.34. The number of carbonyl (C=O) groups is 1. The van der Waals surface area contributed by atoms with Crippen LogP contribution in [0.1, 0.15) is 43.0 Å². The molecule has 1 aliphatic carbocycles. The minimum absolute atomic E-state index is 0.0212. The molecule has 1 N–H and O–H groups in total. The molecule has 6 nitrogen and oxygen atoms in total. The number of nitrogens with zero attached hydrogens (tertiary/aromatic N) is 3. The topological polar surface area (TPSA) is 69.0 Å². The van der Waals surface area contributed by atoms with Gasteiger partial charge < -0.3 is 10.1 Å². The number of carbonyl (C=O) groups excluding carboxylic acids is 1. The van der Waals surface area contributed by atoms with E-state index in [0.717, 1.165) is 27.9 Å². The van der Waals surface area contributed by atoms with Crippen molar-refractivity contribution in [3.05, 3.63) is 72.3 Å². The second-order valence-electron chi connectivity index (χ2n) is 7.23. The largest absolute Gasteiger partial charge is 0.377 e. The third-order valence-corrected chi connectivity index (χ3v) is 5.10. The Morgan fingerprint density at radius 3 is 2.76 bits per heavy atom. The van der Waals surface area contributed by atoms with Gasteiger partial charge in [-0.15, -0.1) is 0 Å². The highest BCUT2D eigenvalue weighted by molar-refractivity contribution is 6.02. The molecule has 29 heavy (non-hydrogen) atoms. The smallest absolute Gasteiger partial charge is 0.248 e. The molecule has 1 atom stereocenters. The first-order chi connectivity index (χ1) is 14.1. The number of benzene rings is 1. The van der Waals surface area contributed by atoms with E-state index in [4.69, 9.17) is 4.74 Å². The maximum atomic E-state index is 12.4. The molecule has 0 bridgehead atoms. The highest BCUT2D eigenvalue weighted by Gasteiger charge is 2.24. The van der Waals surface area contributed by atoms with Crippen LogP contribution < -0.4 is 5.32 Å². The van der Waals surface area contributed by atoms with Crippen molar-refractivity contribution in [2.45, 2.75) is 31.9 Å². The summed E-state index contributed by atoms with van der Waals surface area (Å²) >= 11 is 0. The van der Waals surface area contributed by atoms with Crippen molar-refractivity contribution in [3.8, 4) is 11.1 Å². The lowest BCUT2D eigenvalue weighted by Gasteiger charge is -2.10. The zero-order valence-electron chi connectivity index (χ0n) is 16.6. The van der Waals surface area contributed by atoms with Crippen molar-refractivity contribution in [2.24, 2.45) is 0 Å². The van der Waals surface area contributed by atoms with Crippen LogP contribution in [0.2, 0.25) is 0 Å². The minimum Gasteiger partial charge on any atom is -0.377 e. The van der Waals surface area contributed by atoms with Gasteiger partial charge in [0.1, 0.15) is 0 Å². The van der Waals surface area contributed by atoms with E-state index in [1.165, 1.54) is 18.9 Å². The Balaban J connectivity index is 1.45. The van der Waals surface area contributed by atoms with Crippen molar-refractivity contribution >= 4 is 17.7 Å². The SMILES string of the molecule is COC(C)c1ccc(NC(=O)C=Cc2cnccc2-c2cnn(C3CC3)c2)cc1. The van der Waals surface area contributed by atoms with Crippen molar-refractivity contribution in [1.29, 1.82) is 0 Å². The maximum absolute atomic E-state index is 12.4. The Morgan fingerprint density at radius 2 is 2.03 bits per heavy atom. The van der Waals surface area contributed by atoms with Gasteiger partial charge in [0, 0.05) is 48.6 Å². The van der Waals surface area contributed by atoms with Gasteiger partial charge in [0.25, 0.3) is 0 Å². The van der Waals surface area contributed by atoms with Crippen LogP contribution in [0.3, 0.4) is 0 Å². The van der Waals surface area contributed by atoms with E-state index in [-0.39, 0.29) is 12.0 Å². The van der Waals surface area contributed by atoms with E-state index in [1.54, 1.807) is 25.6 Å². The van der Waals surface area contributed by atoms with Gasteiger partial charge in [-0.1, -0.05) is 12.1 Å². The fourth-order valence-corrected chi connectivity index (χ4v) is 3.14. The molecule has 3 aromatic rings. The number of methoxy groups -OCH3 is 1. The molecule has 6 heteroatoms. The van der Waals surface area contributed by atoms with E-state index >= 15 is 0 Å². The highest BCUT2D eigenvalue weighted by Crippen LogP contribution is 2.35. The van der Waals surface area contributed by atoms with Gasteiger partial charge in [0.05, 0.1) is 18.3 Å². The Kier molecular flexibility index (Phi) is 5.53. The summed E-state index contributed by atoms with van der Waals surface area (Å²) in [4.78, 5) is 16.6. The average Bonchev–Trinajstić information content (AvgIpc) is 3.49. The molecular formula is C23H24N4O2. The zero-order valence-corrected chi connectivity index (χ0v) is 16.6. The van der Waals surface area contributed by atoms with Crippen LogP contribution >= 0.6 is 0 Å². The molecule has 4 rings (SSSR count). The van der Waals surface area contributed by atoms with Gasteiger partial charge in [0.2, 0.25) is 5.91 Å². The van der Waals surface area contributed by atoms with Crippen LogP contribution in [-0.2, 0) is 9.53 Å². The number of hydrogen-bond donors (Lipinski definition) is 1. The molecule has 0 radical (unpaired) electrons. The molecule has 1 amide bonds. The van der Waals surface area contributed by atoms with Gasteiger partial charge in [-0.25, -0.2) is 0 Å². The average molecular weight is 388 g/mol. The first-order valence-corrected chi connectivity index (χ1v) is 9.74. The Bertz CT molecular complexity index is 1020. The van der Waals surface area contributed by atoms with Gasteiger partial charge in [-0.05, 0) is 55.2 Å². The predicted octanol–water partition coefficient (Wildman–Crippen LogP) is 4.64. The second-order valence-corrected chi connectivity index (χ2v) is 7.23. The number of ether oxygens (including phenoxy) is 1. The molecule has 2 aromatic heterocycles. The molecule has 1 fully saturated rings. The Hall–Kier alpha value is -3.25. The molecule has 2 heterocycles. The normalized spacial score (nSPS) is 14.8. The molecule has 0 spiro atoms. The molecule has 1 saturated carbocycles. The van der Waals surface area contributed by atoms with Crippen LogP contribution in [0.5, 0.6) is 0 Å². The monoisotopic (exact) mass is 388 g/mol. The lowest BCUT2D eigenvalue weighted by Crippen LogP contribution is -2.08. The molecule has 1 aliphatic rings. The lowest BCUT2D eigenvalue weighted by molar-refractivity contribution is -0.111. The predicted molar refractivity (Wildman–Crippen MR) is 113 cm³/mol. The number of nitrogens with one attached hydrogen (secondary N) is 1. The summed E-state index contributed by atoms with van der Waals surface area (Å²) in [6.45, 7) is 1.98. The summed E-state index contributed by atoms with van der Waals surface area (Å²) in [7, 11) is 1.68. The van der Waals surface area contributed by atoms with Crippen LogP contribution in [0.15, 0.2) is 61.2 Å². The summed E-state index contributed by atoms with van der Waals surface area (Å²) in [5.74, 6) is -0.194. The van der Waals surface area contributed by atoms with Gasteiger partial charge in [-0.2, -0.15) is 5.10 Å². The van der Waals surface area contributed by atoms with E-state index in [1.807, 2.05) is 48.1 Å². The number of amides is 1. The quantitative estimate of drug-likeness (QED) is 0.599. The third kappa shape index (κ3) is 4.60. The van der Waals surface area contributed by atoms with Crippen molar-refractivity contribution in [2.75, 3.05) is 12.4 Å². The summed E-state index contributed by atoms with van der Waals surface area (Å²) < 4.78 is 7.32. The van der Waals surface area contributed by atoms with Crippen molar-refractivity contribution < 1.29 is 9.53 Å². The molecule has 148 valence electrons. The van der Waals surface area contributed by atoms with E-state index in [9.17, 15) is 4.79 Å². The number of anilines is 1. The fraction of sp³-hybridized carbons (Fsp3) is 0.261. The zero-order chi connectivity index (χ0) is 20.2. The number of rotatable bonds is 7. The molecule has 0 aliphatic heterocycles. The molecule has 1 unspecified atom stereocenters. The number of aromatic nitrogens is 3. The van der Waals surface area contributed by atoms with Crippen molar-refractivity contribution in [1.82, 2.24) is 14.8 Å². The van der Waals surface area contributed by atoms with E-state index in [2.05, 4.69) is 21.6 Å². The van der Waals surface area contributed by atoms with Gasteiger partial charge >= 0.3 is 0 Å². The Morgan fingerprint density at radius 1 is 1.24 bits per heavy atom. The van der Waals surface area contributed by atoms with Crippen LogP contribution in [-0.4, -0.2) is 27.8 Å². The Labute approximate surface area is 170 Å². The maximum Gasteiger partial charge on any atom is 0.248 e. The number of hydrogen-bond acceptors (Lipinski definition) is 4. The first-order valence-electron chi connectivity index (χ1n) is 9.74. The van der Waals surface area contributed by atoms with Gasteiger partial charge in [0.15, 0.2) is 0 Å². The fourth-order valence-electron chi connectivity index (χ4n) is 3.14. The summed E-state index contributed by atoms with van der Waals surface area (Å²) in [6.07, 6.45) is 13.2. The molecular weight excluding hydrogens is 364 g/mol. The second kappa shape index (κ2) is 8.41. The lowest BCUT2D eigenvalue weighted by atomic mass is 10.0. The number of pyridine rings is 1. The van der Waals surface area contributed by atoms with Crippen LogP contribution in [0.25, 0.3) is 17.2 Å². The van der Waals surface area contributed by atoms with Crippen LogP contribution in [0.4, 0.5) is 5.69 Å². The van der Waals surface area contributed by atoms with Gasteiger partial charge in [-0.3, -0.25) is 14.5 Å².